The van der Waals surface area contributed by atoms with Gasteiger partial charge in [-0.1, -0.05) is 12.1 Å². The normalized spacial score (nSPS) is 18.3. The summed E-state index contributed by atoms with van der Waals surface area (Å²) in [5.41, 5.74) is 0.436. The number of amides is 1. The van der Waals surface area contributed by atoms with Crippen molar-refractivity contribution in [3.8, 4) is 5.75 Å². The lowest BCUT2D eigenvalue weighted by Crippen LogP contribution is -2.48. The van der Waals surface area contributed by atoms with Gasteiger partial charge < -0.3 is 25.2 Å². The van der Waals surface area contributed by atoms with Gasteiger partial charge in [0.2, 0.25) is 5.91 Å². The van der Waals surface area contributed by atoms with E-state index in [1.54, 1.807) is 24.3 Å². The van der Waals surface area contributed by atoms with Crippen LogP contribution in [-0.4, -0.2) is 49.4 Å². The first-order valence-corrected chi connectivity index (χ1v) is 6.22. The van der Waals surface area contributed by atoms with Gasteiger partial charge in [-0.3, -0.25) is 4.79 Å². The van der Waals surface area contributed by atoms with Crippen LogP contribution < -0.4 is 15.4 Å². The first kappa shape index (κ1) is 14.3. The Balaban J connectivity index is 2.00. The van der Waals surface area contributed by atoms with E-state index in [9.17, 15) is 9.59 Å². The quantitative estimate of drug-likeness (QED) is 0.706. The van der Waals surface area contributed by atoms with E-state index in [1.165, 1.54) is 0 Å². The van der Waals surface area contributed by atoms with Crippen molar-refractivity contribution in [1.29, 1.82) is 0 Å². The highest BCUT2D eigenvalue weighted by Gasteiger charge is 2.22. The van der Waals surface area contributed by atoms with Crippen molar-refractivity contribution in [1.82, 2.24) is 5.32 Å². The Bertz CT molecular complexity index is 485. The smallest absolute Gasteiger partial charge is 0.341 e. The van der Waals surface area contributed by atoms with Crippen molar-refractivity contribution in [2.75, 3.05) is 31.7 Å². The van der Waals surface area contributed by atoms with E-state index in [2.05, 4.69) is 10.6 Å². The lowest BCUT2D eigenvalue weighted by molar-refractivity contribution is -0.139. The molecule has 0 aromatic heterocycles. The van der Waals surface area contributed by atoms with Crippen LogP contribution in [0.5, 0.6) is 5.75 Å². The highest BCUT2D eigenvalue weighted by molar-refractivity contribution is 5.96. The molecule has 0 bridgehead atoms. The predicted molar refractivity (Wildman–Crippen MR) is 70.8 cm³/mol. The molecule has 0 aliphatic carbocycles. The number of carbonyl (C=O) groups excluding carboxylic acids is 1. The number of para-hydroxylation sites is 2. The van der Waals surface area contributed by atoms with Gasteiger partial charge in [-0.2, -0.15) is 0 Å². The molecule has 3 N–H and O–H groups in total. The summed E-state index contributed by atoms with van der Waals surface area (Å²) in [5.74, 6) is -0.996. The van der Waals surface area contributed by atoms with E-state index in [4.69, 9.17) is 14.6 Å². The summed E-state index contributed by atoms with van der Waals surface area (Å²) in [7, 11) is 0. The highest BCUT2D eigenvalue weighted by atomic mass is 16.5. The molecule has 1 aliphatic rings. The number of anilines is 1. The summed E-state index contributed by atoms with van der Waals surface area (Å²) in [6, 6.07) is 6.27. The van der Waals surface area contributed by atoms with Crippen molar-refractivity contribution in [2.45, 2.75) is 6.04 Å². The van der Waals surface area contributed by atoms with E-state index in [0.29, 0.717) is 31.2 Å². The van der Waals surface area contributed by atoms with Crippen LogP contribution in [0.2, 0.25) is 0 Å². The van der Waals surface area contributed by atoms with E-state index >= 15 is 0 Å². The Morgan fingerprint density at radius 1 is 1.45 bits per heavy atom. The first-order chi connectivity index (χ1) is 9.66. The van der Waals surface area contributed by atoms with Crippen LogP contribution in [0.15, 0.2) is 24.3 Å². The average molecular weight is 280 g/mol. The van der Waals surface area contributed by atoms with Crippen molar-refractivity contribution in [2.24, 2.45) is 0 Å². The Hall–Kier alpha value is -2.12. The summed E-state index contributed by atoms with van der Waals surface area (Å²) >= 11 is 0. The lowest BCUT2D eigenvalue weighted by atomic mass is 10.2. The summed E-state index contributed by atoms with van der Waals surface area (Å²) in [6.45, 7) is 1.05. The van der Waals surface area contributed by atoms with Crippen LogP contribution in [0.25, 0.3) is 0 Å². The zero-order valence-electron chi connectivity index (χ0n) is 10.8. The van der Waals surface area contributed by atoms with Crippen LogP contribution in [0.3, 0.4) is 0 Å². The Morgan fingerprint density at radius 2 is 2.25 bits per heavy atom. The van der Waals surface area contributed by atoms with E-state index in [0.717, 1.165) is 0 Å². The number of ether oxygens (including phenoxy) is 2. The number of aliphatic carboxylic acids is 1. The van der Waals surface area contributed by atoms with Gasteiger partial charge in [0.05, 0.1) is 18.9 Å². The van der Waals surface area contributed by atoms with Gasteiger partial charge in [-0.05, 0) is 12.1 Å². The topological polar surface area (TPSA) is 96.9 Å². The minimum Gasteiger partial charge on any atom is -0.480 e. The van der Waals surface area contributed by atoms with E-state index in [-0.39, 0.29) is 5.91 Å². The van der Waals surface area contributed by atoms with E-state index < -0.39 is 18.6 Å². The van der Waals surface area contributed by atoms with Crippen LogP contribution in [0, 0.1) is 0 Å². The fourth-order valence-corrected chi connectivity index (χ4v) is 1.79. The molecular weight excluding hydrogens is 264 g/mol. The maximum absolute atomic E-state index is 12.0. The number of hydrogen-bond donors (Lipinski definition) is 3. The second-order valence-corrected chi connectivity index (χ2v) is 4.25. The van der Waals surface area contributed by atoms with Gasteiger partial charge >= 0.3 is 5.97 Å². The molecule has 1 unspecified atom stereocenters. The molecule has 0 radical (unpaired) electrons. The van der Waals surface area contributed by atoms with Crippen LogP contribution in [-0.2, 0) is 14.3 Å². The molecule has 7 nitrogen and oxygen atoms in total. The number of carboxylic acids is 1. The fraction of sp³-hybridized carbons (Fsp3) is 0.385. The molecule has 0 saturated carbocycles. The molecule has 2 rings (SSSR count). The molecule has 108 valence electrons. The minimum absolute atomic E-state index is 0.240. The Kier molecular flexibility index (Phi) is 4.91. The van der Waals surface area contributed by atoms with Gasteiger partial charge in [0, 0.05) is 6.54 Å². The summed E-state index contributed by atoms with van der Waals surface area (Å²) < 4.78 is 10.3. The molecule has 7 heteroatoms. The third-order valence-corrected chi connectivity index (χ3v) is 2.73. The average Bonchev–Trinajstić information content (AvgIpc) is 2.47. The largest absolute Gasteiger partial charge is 0.480 e. The predicted octanol–water partition coefficient (Wildman–Crippen LogP) is 0.0769. The number of benzene rings is 1. The number of carboxylic acid groups (broad SMARTS) is 1. The van der Waals surface area contributed by atoms with Crippen LogP contribution >= 0.6 is 0 Å². The number of hydrogen-bond acceptors (Lipinski definition) is 5. The van der Waals surface area contributed by atoms with Crippen molar-refractivity contribution in [3.05, 3.63) is 24.3 Å². The Morgan fingerprint density at radius 3 is 2.95 bits per heavy atom. The molecule has 1 heterocycles. The first-order valence-electron chi connectivity index (χ1n) is 6.22. The van der Waals surface area contributed by atoms with Crippen LogP contribution in [0.4, 0.5) is 5.69 Å². The number of carbonyl (C=O) groups is 2. The summed E-state index contributed by atoms with van der Waals surface area (Å²) in [4.78, 5) is 22.5. The molecule has 20 heavy (non-hydrogen) atoms. The maximum atomic E-state index is 12.0. The van der Waals surface area contributed by atoms with Crippen molar-refractivity contribution >= 4 is 17.6 Å². The summed E-state index contributed by atoms with van der Waals surface area (Å²) in [6.07, 6.45) is 0. The minimum atomic E-state index is -1.08. The standard InChI is InChI=1S/C13H16N2O5/c16-12(17)8-20-11-4-2-1-3-9(11)15-13(18)10-7-19-6-5-14-10/h1-4,10,14H,5-8H2,(H,15,18)(H,16,17). The molecular formula is C13H16N2O5. The molecule has 1 fully saturated rings. The molecule has 1 aromatic rings. The summed E-state index contributed by atoms with van der Waals surface area (Å²) in [5, 5.41) is 14.4. The lowest BCUT2D eigenvalue weighted by Gasteiger charge is -2.23. The van der Waals surface area contributed by atoms with Crippen LogP contribution in [0.1, 0.15) is 0 Å². The zero-order valence-corrected chi connectivity index (χ0v) is 10.8. The second kappa shape index (κ2) is 6.88. The SMILES string of the molecule is O=C(O)COc1ccccc1NC(=O)C1COCCN1. The van der Waals surface area contributed by atoms with Gasteiger partial charge in [0.15, 0.2) is 6.61 Å². The second-order valence-electron chi connectivity index (χ2n) is 4.25. The Labute approximate surface area is 115 Å². The van der Waals surface area contributed by atoms with Gasteiger partial charge in [0.1, 0.15) is 11.8 Å². The number of morpholine rings is 1. The molecule has 1 aliphatic heterocycles. The molecule has 1 atom stereocenters. The van der Waals surface area contributed by atoms with E-state index in [1.807, 2.05) is 0 Å². The zero-order chi connectivity index (χ0) is 14.4. The molecule has 1 amide bonds. The third kappa shape index (κ3) is 3.94. The molecule has 0 spiro atoms. The molecule has 1 saturated heterocycles. The van der Waals surface area contributed by atoms with Crippen molar-refractivity contribution in [3.63, 3.8) is 0 Å². The van der Waals surface area contributed by atoms with Gasteiger partial charge in [-0.15, -0.1) is 0 Å². The fourth-order valence-electron chi connectivity index (χ4n) is 1.79. The monoisotopic (exact) mass is 280 g/mol. The van der Waals surface area contributed by atoms with Gasteiger partial charge in [0.25, 0.3) is 0 Å². The number of rotatable bonds is 5. The number of nitrogens with one attached hydrogen (secondary N) is 2. The van der Waals surface area contributed by atoms with Crippen molar-refractivity contribution < 1.29 is 24.2 Å². The third-order valence-electron chi connectivity index (χ3n) is 2.73. The maximum Gasteiger partial charge on any atom is 0.341 e. The van der Waals surface area contributed by atoms with Gasteiger partial charge in [-0.25, -0.2) is 4.79 Å². The molecule has 1 aromatic carbocycles. The highest BCUT2D eigenvalue weighted by Crippen LogP contribution is 2.23.